The smallest absolute Gasteiger partial charge is 0.256 e. The van der Waals surface area contributed by atoms with Crippen molar-refractivity contribution in [1.29, 1.82) is 0 Å². The summed E-state index contributed by atoms with van der Waals surface area (Å²) in [6.45, 7) is 0.934. The number of nitrogens with zero attached hydrogens (tertiary/aromatic N) is 2. The lowest BCUT2D eigenvalue weighted by Gasteiger charge is -2.32. The molecule has 35 heavy (non-hydrogen) atoms. The molecule has 178 valence electrons. The van der Waals surface area contributed by atoms with E-state index >= 15 is 0 Å². The first-order valence-electron chi connectivity index (χ1n) is 11.8. The van der Waals surface area contributed by atoms with Gasteiger partial charge in [0, 0.05) is 28.8 Å². The Morgan fingerprint density at radius 2 is 1.83 bits per heavy atom. The molecule has 3 aliphatic rings. The third-order valence-electron chi connectivity index (χ3n) is 7.68. The first-order valence-corrected chi connectivity index (χ1v) is 11.8. The van der Waals surface area contributed by atoms with Crippen LogP contribution in [0, 0.1) is 15.9 Å². The van der Waals surface area contributed by atoms with Crippen LogP contribution < -0.4 is 10.1 Å². The van der Waals surface area contributed by atoms with Crippen LogP contribution >= 0.6 is 0 Å². The molecule has 0 saturated carbocycles. The van der Waals surface area contributed by atoms with E-state index in [0.29, 0.717) is 23.5 Å². The standard InChI is InChI=1S/C27H24FN3O4/c28-19-11-7-17(8-12-19)16-35-20-13-9-18(10-14-20)24-23-6-3-15-30(23)27(25(24)31(33)34)21-4-1-2-5-22(21)29-26(27)32/h1-2,4-5,7-14,23-25H,3,6,15-16H2,(H,29,32)/t23-,24-,25+,27-/m0/s1. The van der Waals surface area contributed by atoms with Crippen LogP contribution in [0.1, 0.15) is 35.4 Å². The highest BCUT2D eigenvalue weighted by Crippen LogP contribution is 2.58. The molecule has 2 saturated heterocycles. The van der Waals surface area contributed by atoms with Gasteiger partial charge < -0.3 is 10.1 Å². The second-order valence-electron chi connectivity index (χ2n) is 9.41. The van der Waals surface area contributed by atoms with Gasteiger partial charge in [-0.3, -0.25) is 19.8 Å². The summed E-state index contributed by atoms with van der Waals surface area (Å²) < 4.78 is 19.0. The molecule has 3 aliphatic heterocycles. The van der Waals surface area contributed by atoms with Crippen LogP contribution in [0.4, 0.5) is 10.1 Å². The Balaban J connectivity index is 1.34. The summed E-state index contributed by atoms with van der Waals surface area (Å²) in [6.07, 6.45) is 1.69. The van der Waals surface area contributed by atoms with Gasteiger partial charge in [-0.15, -0.1) is 0 Å². The Hall–Kier alpha value is -3.78. The molecule has 0 bridgehead atoms. The summed E-state index contributed by atoms with van der Waals surface area (Å²) in [5.74, 6) is -0.424. The first kappa shape index (κ1) is 21.7. The Morgan fingerprint density at radius 3 is 2.57 bits per heavy atom. The zero-order valence-corrected chi connectivity index (χ0v) is 18.9. The lowest BCUT2D eigenvalue weighted by Crippen LogP contribution is -2.55. The molecule has 3 aromatic rings. The van der Waals surface area contributed by atoms with Gasteiger partial charge in [-0.25, -0.2) is 4.39 Å². The molecule has 8 heteroatoms. The van der Waals surface area contributed by atoms with Crippen LogP contribution in [0.15, 0.2) is 72.8 Å². The van der Waals surface area contributed by atoms with Crippen molar-refractivity contribution >= 4 is 11.6 Å². The number of hydrogen-bond donors (Lipinski definition) is 1. The number of rotatable bonds is 5. The minimum Gasteiger partial charge on any atom is -0.489 e. The average molecular weight is 474 g/mol. The van der Waals surface area contributed by atoms with Crippen LogP contribution in [0.5, 0.6) is 5.75 Å². The number of benzene rings is 3. The number of ether oxygens (including phenoxy) is 1. The number of fused-ring (bicyclic) bond motifs is 4. The summed E-state index contributed by atoms with van der Waals surface area (Å²) >= 11 is 0. The fourth-order valence-electron chi connectivity index (χ4n) is 6.31. The van der Waals surface area contributed by atoms with Gasteiger partial charge in [0.05, 0.1) is 5.92 Å². The normalized spacial score (nSPS) is 27.0. The summed E-state index contributed by atoms with van der Waals surface area (Å²) in [7, 11) is 0. The van der Waals surface area contributed by atoms with Gasteiger partial charge >= 0.3 is 0 Å². The summed E-state index contributed by atoms with van der Waals surface area (Å²) in [5.41, 5.74) is 1.70. The van der Waals surface area contributed by atoms with Gasteiger partial charge in [0.15, 0.2) is 5.54 Å². The predicted octanol–water partition coefficient (Wildman–Crippen LogP) is 4.46. The molecule has 1 N–H and O–H groups in total. The quantitative estimate of drug-likeness (QED) is 0.437. The molecule has 2 fully saturated rings. The van der Waals surface area contributed by atoms with Gasteiger partial charge in [-0.05, 0) is 54.3 Å². The Labute approximate surface area is 201 Å². The van der Waals surface area contributed by atoms with Gasteiger partial charge in [0.25, 0.3) is 11.9 Å². The van der Waals surface area contributed by atoms with Crippen molar-refractivity contribution < 1.29 is 18.8 Å². The van der Waals surface area contributed by atoms with E-state index in [1.165, 1.54) is 12.1 Å². The number of nitro groups is 1. The highest BCUT2D eigenvalue weighted by Gasteiger charge is 2.73. The Bertz CT molecular complexity index is 1300. The minimum absolute atomic E-state index is 0.103. The topological polar surface area (TPSA) is 84.7 Å². The minimum atomic E-state index is -1.32. The maximum atomic E-state index is 13.5. The molecule has 4 atom stereocenters. The Morgan fingerprint density at radius 1 is 1.09 bits per heavy atom. The fourth-order valence-corrected chi connectivity index (χ4v) is 6.31. The number of para-hydroxylation sites is 1. The van der Waals surface area contributed by atoms with E-state index in [2.05, 4.69) is 10.2 Å². The molecule has 0 unspecified atom stereocenters. The summed E-state index contributed by atoms with van der Waals surface area (Å²) in [6, 6.07) is 19.6. The van der Waals surface area contributed by atoms with Crippen LogP contribution in [0.2, 0.25) is 0 Å². The van der Waals surface area contributed by atoms with Crippen molar-refractivity contribution in [2.75, 3.05) is 11.9 Å². The van der Waals surface area contributed by atoms with Crippen molar-refractivity contribution in [3.63, 3.8) is 0 Å². The van der Waals surface area contributed by atoms with Gasteiger partial charge in [-0.1, -0.05) is 42.5 Å². The van der Waals surface area contributed by atoms with Crippen molar-refractivity contribution in [2.24, 2.45) is 0 Å². The predicted molar refractivity (Wildman–Crippen MR) is 127 cm³/mol. The van der Waals surface area contributed by atoms with Crippen molar-refractivity contribution in [3.05, 3.63) is 105 Å². The molecular weight excluding hydrogens is 449 g/mol. The van der Waals surface area contributed by atoms with Gasteiger partial charge in [0.1, 0.15) is 18.2 Å². The summed E-state index contributed by atoms with van der Waals surface area (Å²) in [4.78, 5) is 27.9. The largest absolute Gasteiger partial charge is 0.489 e. The highest BCUT2D eigenvalue weighted by atomic mass is 19.1. The van der Waals surface area contributed by atoms with E-state index in [0.717, 1.165) is 24.0 Å². The van der Waals surface area contributed by atoms with E-state index in [4.69, 9.17) is 4.74 Å². The first-order chi connectivity index (χ1) is 17.0. The molecule has 0 aromatic heterocycles. The molecule has 1 spiro atoms. The zero-order chi connectivity index (χ0) is 24.2. The number of amides is 1. The van der Waals surface area contributed by atoms with Gasteiger partial charge in [-0.2, -0.15) is 0 Å². The van der Waals surface area contributed by atoms with Crippen LogP contribution in [-0.4, -0.2) is 34.4 Å². The van der Waals surface area contributed by atoms with E-state index in [9.17, 15) is 19.3 Å². The van der Waals surface area contributed by atoms with Crippen LogP contribution in [0.3, 0.4) is 0 Å². The van der Waals surface area contributed by atoms with Crippen LogP contribution in [0.25, 0.3) is 0 Å². The van der Waals surface area contributed by atoms with E-state index < -0.39 is 17.5 Å². The lowest BCUT2D eigenvalue weighted by molar-refractivity contribution is -0.534. The molecule has 0 aliphatic carbocycles. The fraction of sp³-hybridized carbons (Fsp3) is 0.296. The number of anilines is 1. The second kappa shape index (κ2) is 8.16. The number of halogens is 1. The molecule has 6 rings (SSSR count). The number of hydrogen-bond acceptors (Lipinski definition) is 5. The third-order valence-corrected chi connectivity index (χ3v) is 7.68. The monoisotopic (exact) mass is 473 g/mol. The number of carbonyl (C=O) groups is 1. The average Bonchev–Trinajstić information content (AvgIpc) is 3.52. The van der Waals surface area contributed by atoms with Crippen LogP contribution in [-0.2, 0) is 16.9 Å². The van der Waals surface area contributed by atoms with E-state index in [-0.39, 0.29) is 29.3 Å². The second-order valence-corrected chi connectivity index (χ2v) is 9.41. The zero-order valence-electron chi connectivity index (χ0n) is 18.9. The maximum Gasteiger partial charge on any atom is 0.256 e. The SMILES string of the molecule is O=C1Nc2ccccc2[C@]12[C@H]([N+](=O)[O-])[C@@H](c1ccc(OCc3ccc(F)cc3)cc1)[C@@H]1CCCN12. The Kier molecular flexibility index (Phi) is 5.07. The number of nitrogens with one attached hydrogen (secondary N) is 1. The van der Waals surface area contributed by atoms with Crippen molar-refractivity contribution in [3.8, 4) is 5.75 Å². The molecule has 3 aromatic carbocycles. The third kappa shape index (κ3) is 3.24. The van der Waals surface area contributed by atoms with Gasteiger partial charge in [0.2, 0.25) is 0 Å². The lowest BCUT2D eigenvalue weighted by atomic mass is 9.77. The van der Waals surface area contributed by atoms with E-state index in [1.807, 2.05) is 48.5 Å². The van der Waals surface area contributed by atoms with Crippen molar-refractivity contribution in [2.45, 2.75) is 43.0 Å². The number of carbonyl (C=O) groups excluding carboxylic acids is 1. The van der Waals surface area contributed by atoms with E-state index in [1.54, 1.807) is 12.1 Å². The summed E-state index contributed by atoms with van der Waals surface area (Å²) in [5, 5.41) is 15.5. The molecular formula is C27H24FN3O4. The van der Waals surface area contributed by atoms with Crippen molar-refractivity contribution in [1.82, 2.24) is 4.90 Å². The highest BCUT2D eigenvalue weighted by molar-refractivity contribution is 6.07. The molecule has 3 heterocycles. The maximum absolute atomic E-state index is 13.5. The molecule has 7 nitrogen and oxygen atoms in total. The molecule has 1 amide bonds. The molecule has 0 radical (unpaired) electrons.